The molecule has 1 saturated heterocycles. The maximum atomic E-state index is 13.1. The van der Waals surface area contributed by atoms with Crippen LogP contribution >= 0.6 is 0 Å². The highest BCUT2D eigenvalue weighted by Gasteiger charge is 2.46. The number of nitrogens with one attached hydrogen (secondary N) is 1. The van der Waals surface area contributed by atoms with Crippen LogP contribution in [0.4, 0.5) is 0 Å². The number of hydrogen-bond acceptors (Lipinski definition) is 7. The maximum Gasteiger partial charge on any atom is 0.183 e. The van der Waals surface area contributed by atoms with E-state index >= 15 is 0 Å². The van der Waals surface area contributed by atoms with Gasteiger partial charge in [-0.15, -0.1) is 0 Å². The van der Waals surface area contributed by atoms with Crippen molar-refractivity contribution < 1.29 is 21.6 Å². The molecule has 0 bridgehead atoms. The SMILES string of the molecule is CCN(CC)C(C)(C)CN[C@H]1CS(=O)(=O)C[C@@H]1S(=O)(=O)c1ccc(OC)cc1. The Morgan fingerprint density at radius 1 is 1.14 bits per heavy atom. The third-order valence-electron chi connectivity index (χ3n) is 5.50. The van der Waals surface area contributed by atoms with Gasteiger partial charge in [0.05, 0.1) is 28.8 Å². The van der Waals surface area contributed by atoms with Crippen LogP contribution in [0, 0.1) is 0 Å². The zero-order valence-electron chi connectivity index (χ0n) is 17.3. The molecule has 2 atom stereocenters. The van der Waals surface area contributed by atoms with Gasteiger partial charge in [-0.2, -0.15) is 0 Å². The van der Waals surface area contributed by atoms with Crippen LogP contribution in [0.2, 0.25) is 0 Å². The smallest absolute Gasteiger partial charge is 0.183 e. The van der Waals surface area contributed by atoms with Crippen molar-refractivity contribution in [1.82, 2.24) is 10.2 Å². The van der Waals surface area contributed by atoms with Crippen molar-refractivity contribution in [3.63, 3.8) is 0 Å². The van der Waals surface area contributed by atoms with Crippen LogP contribution in [-0.2, 0) is 19.7 Å². The Labute approximate surface area is 169 Å². The van der Waals surface area contributed by atoms with E-state index in [9.17, 15) is 16.8 Å². The molecule has 0 aromatic heterocycles. The third-order valence-corrected chi connectivity index (χ3v) is 9.67. The summed E-state index contributed by atoms with van der Waals surface area (Å²) in [5, 5.41) is 2.25. The predicted octanol–water partition coefficient (Wildman–Crippen LogP) is 1.34. The molecule has 1 fully saturated rings. The van der Waals surface area contributed by atoms with Crippen LogP contribution in [0.3, 0.4) is 0 Å². The molecule has 0 amide bonds. The van der Waals surface area contributed by atoms with Crippen LogP contribution in [-0.4, -0.2) is 76.8 Å². The van der Waals surface area contributed by atoms with E-state index in [2.05, 4.69) is 37.9 Å². The van der Waals surface area contributed by atoms with Gasteiger partial charge in [-0.25, -0.2) is 16.8 Å². The molecular weight excluding hydrogens is 400 g/mol. The van der Waals surface area contributed by atoms with Gasteiger partial charge in [-0.05, 0) is 51.2 Å². The fraction of sp³-hybridized carbons (Fsp3) is 0.684. The first kappa shape index (κ1) is 23.1. The third kappa shape index (κ3) is 5.06. The molecule has 1 heterocycles. The number of likely N-dealkylation sites (N-methyl/N-ethyl adjacent to an activating group) is 1. The lowest BCUT2D eigenvalue weighted by atomic mass is 10.0. The zero-order valence-corrected chi connectivity index (χ0v) is 18.9. The average Bonchev–Trinajstić information content (AvgIpc) is 2.96. The average molecular weight is 433 g/mol. The summed E-state index contributed by atoms with van der Waals surface area (Å²) in [6.45, 7) is 10.5. The quantitative estimate of drug-likeness (QED) is 0.629. The Kier molecular flexibility index (Phi) is 7.17. The van der Waals surface area contributed by atoms with Gasteiger partial charge in [0.1, 0.15) is 5.75 Å². The Hall–Kier alpha value is -1.16. The molecule has 0 unspecified atom stereocenters. The molecule has 0 aliphatic carbocycles. The molecule has 1 aromatic carbocycles. The highest BCUT2D eigenvalue weighted by Crippen LogP contribution is 2.27. The Bertz CT molecular complexity index is 860. The van der Waals surface area contributed by atoms with E-state index in [-0.39, 0.29) is 21.9 Å². The summed E-state index contributed by atoms with van der Waals surface area (Å²) < 4.78 is 55.9. The molecule has 1 N–H and O–H groups in total. The molecule has 1 aliphatic rings. The number of sulfone groups is 2. The molecule has 0 saturated carbocycles. The summed E-state index contributed by atoms with van der Waals surface area (Å²) >= 11 is 0. The lowest BCUT2D eigenvalue weighted by molar-refractivity contribution is 0.130. The Morgan fingerprint density at radius 2 is 1.71 bits per heavy atom. The molecule has 0 radical (unpaired) electrons. The van der Waals surface area contributed by atoms with Gasteiger partial charge in [0.15, 0.2) is 19.7 Å². The summed E-state index contributed by atoms with van der Waals surface area (Å²) in [4.78, 5) is 2.38. The number of methoxy groups -OCH3 is 1. The van der Waals surface area contributed by atoms with E-state index in [0.29, 0.717) is 12.3 Å². The van der Waals surface area contributed by atoms with Crippen LogP contribution in [0.25, 0.3) is 0 Å². The van der Waals surface area contributed by atoms with Crippen molar-refractivity contribution in [3.8, 4) is 5.75 Å². The molecule has 7 nitrogen and oxygen atoms in total. The van der Waals surface area contributed by atoms with Crippen molar-refractivity contribution in [3.05, 3.63) is 24.3 Å². The number of benzene rings is 1. The van der Waals surface area contributed by atoms with Gasteiger partial charge in [0, 0.05) is 18.1 Å². The predicted molar refractivity (Wildman–Crippen MR) is 111 cm³/mol. The molecular formula is C19H32N2O5S2. The van der Waals surface area contributed by atoms with Crippen molar-refractivity contribution in [2.75, 3.05) is 38.2 Å². The topological polar surface area (TPSA) is 92.8 Å². The zero-order chi connectivity index (χ0) is 21.2. The normalized spacial score (nSPS) is 22.5. The van der Waals surface area contributed by atoms with E-state index in [1.54, 1.807) is 12.1 Å². The lowest BCUT2D eigenvalue weighted by Crippen LogP contribution is -2.54. The monoisotopic (exact) mass is 432 g/mol. The summed E-state index contributed by atoms with van der Waals surface area (Å²) in [6.07, 6.45) is 0. The fourth-order valence-electron chi connectivity index (χ4n) is 3.82. The highest BCUT2D eigenvalue weighted by molar-refractivity contribution is 7.96. The maximum absolute atomic E-state index is 13.1. The van der Waals surface area contributed by atoms with Crippen LogP contribution in [0.1, 0.15) is 27.7 Å². The van der Waals surface area contributed by atoms with Crippen molar-refractivity contribution in [1.29, 1.82) is 0 Å². The van der Waals surface area contributed by atoms with E-state index < -0.39 is 31.0 Å². The molecule has 28 heavy (non-hydrogen) atoms. The lowest BCUT2D eigenvalue weighted by Gasteiger charge is -2.38. The first-order valence-corrected chi connectivity index (χ1v) is 12.9. The first-order valence-electron chi connectivity index (χ1n) is 9.53. The van der Waals surface area contributed by atoms with Gasteiger partial charge in [0.25, 0.3) is 0 Å². The minimum Gasteiger partial charge on any atom is -0.497 e. The second-order valence-electron chi connectivity index (χ2n) is 7.81. The summed E-state index contributed by atoms with van der Waals surface area (Å²) in [6, 6.07) is 5.45. The second kappa shape index (κ2) is 8.69. The standard InChI is InChI=1S/C19H32N2O5S2/c1-6-21(7-2)19(3,4)14-20-17-12-27(22,23)13-18(17)28(24,25)16-10-8-15(26-5)9-11-16/h8-11,17-18,20H,6-7,12-14H2,1-5H3/t17-,18-/m0/s1. The first-order chi connectivity index (χ1) is 13.0. The van der Waals surface area contributed by atoms with Crippen LogP contribution < -0.4 is 10.1 Å². The highest BCUT2D eigenvalue weighted by atomic mass is 32.2. The summed E-state index contributed by atoms with van der Waals surface area (Å²) in [5.41, 5.74) is -0.218. The van der Waals surface area contributed by atoms with E-state index in [1.807, 2.05) is 0 Å². The number of ether oxygens (including phenoxy) is 1. The van der Waals surface area contributed by atoms with Crippen molar-refractivity contribution in [2.45, 2.75) is 49.4 Å². The van der Waals surface area contributed by atoms with Gasteiger partial charge >= 0.3 is 0 Å². The number of hydrogen-bond donors (Lipinski definition) is 1. The van der Waals surface area contributed by atoms with E-state index in [4.69, 9.17) is 4.74 Å². The second-order valence-corrected chi connectivity index (χ2v) is 12.1. The van der Waals surface area contributed by atoms with Gasteiger partial charge in [0.2, 0.25) is 0 Å². The largest absolute Gasteiger partial charge is 0.497 e. The molecule has 1 aromatic rings. The molecule has 2 rings (SSSR count). The molecule has 160 valence electrons. The Morgan fingerprint density at radius 3 is 2.21 bits per heavy atom. The Balaban J connectivity index is 2.25. The van der Waals surface area contributed by atoms with Gasteiger partial charge in [-0.1, -0.05) is 13.8 Å². The molecule has 1 aliphatic heterocycles. The minimum atomic E-state index is -3.79. The summed E-state index contributed by atoms with van der Waals surface area (Å²) in [5.74, 6) is 0.0280. The van der Waals surface area contributed by atoms with Crippen molar-refractivity contribution in [2.24, 2.45) is 0 Å². The minimum absolute atomic E-state index is 0.116. The molecule has 9 heteroatoms. The van der Waals surface area contributed by atoms with E-state index in [1.165, 1.54) is 19.2 Å². The molecule has 0 spiro atoms. The fourth-order valence-corrected chi connectivity index (χ4v) is 8.54. The van der Waals surface area contributed by atoms with Crippen LogP contribution in [0.15, 0.2) is 29.2 Å². The van der Waals surface area contributed by atoms with Gasteiger partial charge in [-0.3, -0.25) is 4.90 Å². The summed E-state index contributed by atoms with van der Waals surface area (Å²) in [7, 11) is -5.72. The number of rotatable bonds is 9. The van der Waals surface area contributed by atoms with Crippen LogP contribution in [0.5, 0.6) is 5.75 Å². The van der Waals surface area contributed by atoms with Crippen molar-refractivity contribution >= 4 is 19.7 Å². The number of nitrogens with zero attached hydrogens (tertiary/aromatic N) is 1. The van der Waals surface area contributed by atoms with E-state index in [0.717, 1.165) is 13.1 Å². The van der Waals surface area contributed by atoms with Gasteiger partial charge < -0.3 is 10.1 Å².